The van der Waals surface area contributed by atoms with Crippen molar-refractivity contribution in [2.45, 2.75) is 46.0 Å². The predicted octanol–water partition coefficient (Wildman–Crippen LogP) is 5.52. The smallest absolute Gasteiger partial charge is 0.224 e. The topological polar surface area (TPSA) is 42.0 Å². The summed E-state index contributed by atoms with van der Waals surface area (Å²) in [6, 6.07) is 14.4. The van der Waals surface area contributed by atoms with Crippen molar-refractivity contribution in [2.75, 3.05) is 5.32 Å². The van der Waals surface area contributed by atoms with Crippen LogP contribution in [0, 0.1) is 6.92 Å². The van der Waals surface area contributed by atoms with Crippen LogP contribution in [0.4, 0.5) is 5.69 Å². The van der Waals surface area contributed by atoms with Crippen molar-refractivity contribution in [2.24, 2.45) is 0 Å². The molecule has 0 saturated carbocycles. The van der Waals surface area contributed by atoms with Crippen molar-refractivity contribution < 1.29 is 4.79 Å². The fourth-order valence-corrected chi connectivity index (χ4v) is 4.00. The molecule has 0 radical (unpaired) electrons. The molecule has 2 aromatic carbocycles. The Bertz CT molecular complexity index is 836. The second-order valence-electron chi connectivity index (χ2n) is 6.29. The van der Waals surface area contributed by atoms with E-state index in [4.69, 9.17) is 0 Å². The number of nitrogens with one attached hydrogen (secondary N) is 1. The summed E-state index contributed by atoms with van der Waals surface area (Å²) in [5.74, 6) is 0.105. The number of fused-ring (bicyclic) bond motifs is 1. The molecule has 0 aliphatic carbocycles. The van der Waals surface area contributed by atoms with Gasteiger partial charge in [0.1, 0.15) is 0 Å². The van der Waals surface area contributed by atoms with Crippen molar-refractivity contribution in [3.63, 3.8) is 0 Å². The molecule has 1 amide bonds. The highest BCUT2D eigenvalue weighted by Gasteiger charge is 2.09. The third-order valence-electron chi connectivity index (χ3n) is 4.39. The molecule has 0 atom stereocenters. The number of aryl methyl sites for hydroxylation is 3. The molecule has 3 aromatic rings. The van der Waals surface area contributed by atoms with Crippen molar-refractivity contribution >= 4 is 33.1 Å². The SMILES string of the molecule is CCc1cccc(C)c1NC(=O)CCCCc1nc2ccccc2s1. The van der Waals surface area contributed by atoms with E-state index in [1.807, 2.05) is 31.2 Å². The van der Waals surface area contributed by atoms with Crippen LogP contribution in [0.1, 0.15) is 42.3 Å². The summed E-state index contributed by atoms with van der Waals surface area (Å²) in [5.41, 5.74) is 4.39. The van der Waals surface area contributed by atoms with Gasteiger partial charge in [-0.05, 0) is 55.9 Å². The number of unbranched alkanes of at least 4 members (excludes halogenated alkanes) is 1. The molecule has 0 unspecified atom stereocenters. The maximum absolute atomic E-state index is 12.3. The highest BCUT2D eigenvalue weighted by molar-refractivity contribution is 7.18. The van der Waals surface area contributed by atoms with Gasteiger partial charge in [-0.25, -0.2) is 4.98 Å². The number of hydrogen-bond acceptors (Lipinski definition) is 3. The molecule has 1 aromatic heterocycles. The van der Waals surface area contributed by atoms with Crippen LogP contribution in [-0.4, -0.2) is 10.9 Å². The van der Waals surface area contributed by atoms with Gasteiger partial charge in [-0.2, -0.15) is 0 Å². The van der Waals surface area contributed by atoms with Gasteiger partial charge in [0.15, 0.2) is 0 Å². The summed E-state index contributed by atoms with van der Waals surface area (Å²) in [7, 11) is 0. The van der Waals surface area contributed by atoms with Gasteiger partial charge in [0, 0.05) is 12.1 Å². The molecule has 3 rings (SSSR count). The van der Waals surface area contributed by atoms with E-state index in [9.17, 15) is 4.79 Å². The number of amides is 1. The number of carbonyl (C=O) groups excluding carboxylic acids is 1. The lowest BCUT2D eigenvalue weighted by Gasteiger charge is -2.12. The maximum atomic E-state index is 12.3. The summed E-state index contributed by atoms with van der Waals surface area (Å²) in [5, 5.41) is 4.26. The second-order valence-corrected chi connectivity index (χ2v) is 7.41. The van der Waals surface area contributed by atoms with Gasteiger partial charge >= 0.3 is 0 Å². The highest BCUT2D eigenvalue weighted by Crippen LogP contribution is 2.24. The number of nitrogens with zero attached hydrogens (tertiary/aromatic N) is 1. The Kier molecular flexibility index (Phi) is 5.82. The minimum atomic E-state index is 0.105. The summed E-state index contributed by atoms with van der Waals surface area (Å²) in [4.78, 5) is 16.9. The maximum Gasteiger partial charge on any atom is 0.224 e. The molecule has 0 aliphatic rings. The van der Waals surface area contributed by atoms with Gasteiger partial charge < -0.3 is 5.32 Å². The van der Waals surface area contributed by atoms with E-state index in [0.717, 1.165) is 47.5 Å². The van der Waals surface area contributed by atoms with E-state index in [1.54, 1.807) is 11.3 Å². The summed E-state index contributed by atoms with van der Waals surface area (Å²) >= 11 is 1.75. The number of anilines is 1. The molecule has 0 bridgehead atoms. The summed E-state index contributed by atoms with van der Waals surface area (Å²) < 4.78 is 1.24. The number of benzene rings is 2. The van der Waals surface area contributed by atoms with Crippen molar-refractivity contribution in [3.8, 4) is 0 Å². The second kappa shape index (κ2) is 8.26. The number of carbonyl (C=O) groups is 1. The van der Waals surface area contributed by atoms with Crippen LogP contribution >= 0.6 is 11.3 Å². The lowest BCUT2D eigenvalue weighted by atomic mass is 10.1. The Balaban J connectivity index is 1.48. The molecular weight excluding hydrogens is 328 g/mol. The molecule has 130 valence electrons. The normalized spacial score (nSPS) is 11.0. The quantitative estimate of drug-likeness (QED) is 0.569. The van der Waals surface area contributed by atoms with Crippen molar-refractivity contribution in [1.29, 1.82) is 0 Å². The molecule has 0 saturated heterocycles. The van der Waals surface area contributed by atoms with E-state index < -0.39 is 0 Å². The first-order chi connectivity index (χ1) is 12.2. The average molecular weight is 353 g/mol. The number of hydrogen-bond donors (Lipinski definition) is 1. The molecule has 0 aliphatic heterocycles. The zero-order chi connectivity index (χ0) is 17.6. The summed E-state index contributed by atoms with van der Waals surface area (Å²) in [6.07, 6.45) is 4.30. The molecule has 1 heterocycles. The first kappa shape index (κ1) is 17.6. The van der Waals surface area contributed by atoms with Crippen LogP contribution in [0.15, 0.2) is 42.5 Å². The standard InChI is InChI=1S/C21H24N2OS/c1-3-16-10-8-9-15(2)21(16)23-19(24)13-6-7-14-20-22-17-11-4-5-12-18(17)25-20/h4-5,8-12H,3,6-7,13-14H2,1-2H3,(H,23,24). The lowest BCUT2D eigenvalue weighted by Crippen LogP contribution is -2.13. The van der Waals surface area contributed by atoms with Crippen molar-refractivity contribution in [1.82, 2.24) is 4.98 Å². The predicted molar refractivity (Wildman–Crippen MR) is 106 cm³/mol. The highest BCUT2D eigenvalue weighted by atomic mass is 32.1. The Labute approximate surface area is 153 Å². The number of aromatic nitrogens is 1. The average Bonchev–Trinajstić information content (AvgIpc) is 3.03. The third-order valence-corrected chi connectivity index (χ3v) is 5.48. The Morgan fingerprint density at radius 3 is 2.76 bits per heavy atom. The van der Waals surface area contributed by atoms with Crippen LogP contribution in [0.25, 0.3) is 10.2 Å². The Morgan fingerprint density at radius 2 is 1.96 bits per heavy atom. The molecule has 3 nitrogen and oxygen atoms in total. The van der Waals surface area contributed by atoms with Gasteiger partial charge in [-0.1, -0.05) is 37.3 Å². The number of rotatable bonds is 7. The van der Waals surface area contributed by atoms with E-state index in [0.29, 0.717) is 6.42 Å². The van der Waals surface area contributed by atoms with Crippen LogP contribution in [0.3, 0.4) is 0 Å². The Hall–Kier alpha value is -2.20. The number of thiazole rings is 1. The fraction of sp³-hybridized carbons (Fsp3) is 0.333. The van der Waals surface area contributed by atoms with Gasteiger partial charge in [-0.15, -0.1) is 11.3 Å². The minimum absolute atomic E-state index is 0.105. The fourth-order valence-electron chi connectivity index (χ4n) is 2.99. The van der Waals surface area contributed by atoms with E-state index in [2.05, 4.69) is 35.4 Å². The van der Waals surface area contributed by atoms with E-state index >= 15 is 0 Å². The molecular formula is C21H24N2OS. The van der Waals surface area contributed by atoms with Gasteiger partial charge in [0.2, 0.25) is 5.91 Å². The molecule has 25 heavy (non-hydrogen) atoms. The van der Waals surface area contributed by atoms with Crippen LogP contribution in [-0.2, 0) is 17.6 Å². The third kappa shape index (κ3) is 4.45. The molecule has 1 N–H and O–H groups in total. The van der Waals surface area contributed by atoms with Gasteiger partial charge in [-0.3, -0.25) is 4.79 Å². The molecule has 0 spiro atoms. The first-order valence-electron chi connectivity index (χ1n) is 8.90. The molecule has 0 fully saturated rings. The molecule has 4 heteroatoms. The van der Waals surface area contributed by atoms with Crippen molar-refractivity contribution in [3.05, 3.63) is 58.6 Å². The van der Waals surface area contributed by atoms with Crippen LogP contribution in [0.5, 0.6) is 0 Å². The summed E-state index contributed by atoms with van der Waals surface area (Å²) in [6.45, 7) is 4.16. The van der Waals surface area contributed by atoms with Gasteiger partial charge in [0.25, 0.3) is 0 Å². The Morgan fingerprint density at radius 1 is 1.12 bits per heavy atom. The van der Waals surface area contributed by atoms with Gasteiger partial charge in [0.05, 0.1) is 15.2 Å². The van der Waals surface area contributed by atoms with E-state index in [1.165, 1.54) is 10.3 Å². The zero-order valence-corrected chi connectivity index (χ0v) is 15.7. The van der Waals surface area contributed by atoms with Crippen LogP contribution < -0.4 is 5.32 Å². The lowest BCUT2D eigenvalue weighted by molar-refractivity contribution is -0.116. The first-order valence-corrected chi connectivity index (χ1v) is 9.72. The van der Waals surface area contributed by atoms with Crippen LogP contribution in [0.2, 0.25) is 0 Å². The largest absolute Gasteiger partial charge is 0.326 e. The number of para-hydroxylation sites is 2. The van der Waals surface area contributed by atoms with E-state index in [-0.39, 0.29) is 5.91 Å². The monoisotopic (exact) mass is 352 g/mol. The zero-order valence-electron chi connectivity index (χ0n) is 14.8. The minimum Gasteiger partial charge on any atom is -0.326 e.